The summed E-state index contributed by atoms with van der Waals surface area (Å²) in [5.41, 5.74) is 0.892. The first kappa shape index (κ1) is 21.0. The molecule has 30 heavy (non-hydrogen) atoms. The summed E-state index contributed by atoms with van der Waals surface area (Å²) in [5, 5.41) is 0.720. The lowest BCUT2D eigenvalue weighted by molar-refractivity contribution is 0.0658. The largest absolute Gasteiger partial charge is 0.448 e. The summed E-state index contributed by atoms with van der Waals surface area (Å²) in [6, 6.07) is 10.9. The minimum atomic E-state index is -3.09. The van der Waals surface area contributed by atoms with Gasteiger partial charge in [0.25, 0.3) is 5.91 Å². The molecule has 7 nitrogen and oxygen atoms in total. The van der Waals surface area contributed by atoms with Crippen molar-refractivity contribution in [3.63, 3.8) is 0 Å². The third-order valence-electron chi connectivity index (χ3n) is 5.24. The molecule has 0 N–H and O–H groups in total. The molecule has 0 aliphatic carbocycles. The average Bonchev–Trinajstić information content (AvgIpc) is 3.41. The van der Waals surface area contributed by atoms with E-state index in [1.54, 1.807) is 17.0 Å². The summed E-state index contributed by atoms with van der Waals surface area (Å²) in [7, 11) is 0.857. The van der Waals surface area contributed by atoms with Gasteiger partial charge in [0.2, 0.25) is 0 Å². The molecule has 1 atom stereocenters. The normalized spacial score (nSPS) is 18.3. The minimum absolute atomic E-state index is 0.0200. The van der Waals surface area contributed by atoms with Gasteiger partial charge in [0.05, 0.1) is 21.7 Å². The van der Waals surface area contributed by atoms with Crippen molar-refractivity contribution >= 4 is 37.3 Å². The Morgan fingerprint density at radius 2 is 2.00 bits per heavy atom. The molecule has 1 amide bonds. The van der Waals surface area contributed by atoms with Gasteiger partial charge in [0, 0.05) is 12.6 Å². The van der Waals surface area contributed by atoms with Gasteiger partial charge in [-0.3, -0.25) is 4.79 Å². The van der Waals surface area contributed by atoms with Gasteiger partial charge >= 0.3 is 0 Å². The number of nitrogens with zero attached hydrogens (tertiary/aromatic N) is 3. The van der Waals surface area contributed by atoms with Gasteiger partial charge in [-0.25, -0.2) is 13.4 Å². The van der Waals surface area contributed by atoms with E-state index in [1.165, 1.54) is 11.3 Å². The number of rotatable bonds is 7. The van der Waals surface area contributed by atoms with Crippen molar-refractivity contribution in [2.75, 3.05) is 38.7 Å². The Morgan fingerprint density at radius 1 is 1.20 bits per heavy atom. The van der Waals surface area contributed by atoms with Crippen LogP contribution in [-0.4, -0.2) is 73.8 Å². The van der Waals surface area contributed by atoms with Crippen LogP contribution in [0.5, 0.6) is 0 Å². The van der Waals surface area contributed by atoms with Gasteiger partial charge in [-0.1, -0.05) is 12.1 Å². The first-order chi connectivity index (χ1) is 14.3. The van der Waals surface area contributed by atoms with Gasteiger partial charge in [0.1, 0.15) is 0 Å². The molecule has 1 fully saturated rings. The molecule has 3 heterocycles. The van der Waals surface area contributed by atoms with Crippen molar-refractivity contribution in [3.8, 4) is 10.8 Å². The van der Waals surface area contributed by atoms with Crippen LogP contribution in [-0.2, 0) is 9.84 Å². The first-order valence-corrected chi connectivity index (χ1v) is 12.6. The fraction of sp³-hybridized carbons (Fsp3) is 0.429. The Kier molecular flexibility index (Phi) is 5.95. The molecule has 1 saturated heterocycles. The number of hydrogen-bond donors (Lipinski definition) is 0. The third-order valence-corrected chi connectivity index (χ3v) is 8.04. The quantitative estimate of drug-likeness (QED) is 0.553. The number of benzene rings is 1. The summed E-state index contributed by atoms with van der Waals surface area (Å²) in [5.74, 6) is 0.657. The van der Waals surface area contributed by atoms with Crippen LogP contribution in [0.2, 0.25) is 0 Å². The molecule has 4 rings (SSSR count). The second-order valence-corrected chi connectivity index (χ2v) is 11.1. The highest BCUT2D eigenvalue weighted by Gasteiger charge is 2.35. The molecule has 9 heteroatoms. The van der Waals surface area contributed by atoms with Crippen LogP contribution >= 0.6 is 11.3 Å². The number of furan rings is 1. The highest BCUT2D eigenvalue weighted by Crippen LogP contribution is 2.31. The van der Waals surface area contributed by atoms with E-state index in [-0.39, 0.29) is 29.2 Å². The lowest BCUT2D eigenvalue weighted by Gasteiger charge is -2.28. The van der Waals surface area contributed by atoms with Gasteiger partial charge in [-0.05, 0) is 57.7 Å². The second-order valence-electron chi connectivity index (χ2n) is 7.86. The fourth-order valence-electron chi connectivity index (χ4n) is 3.72. The van der Waals surface area contributed by atoms with Crippen molar-refractivity contribution in [2.24, 2.45) is 0 Å². The van der Waals surface area contributed by atoms with Gasteiger partial charge in [-0.15, -0.1) is 11.3 Å². The Bertz CT molecular complexity index is 1120. The molecule has 0 radical (unpaired) electrons. The number of aromatic nitrogens is 1. The van der Waals surface area contributed by atoms with Crippen molar-refractivity contribution in [1.82, 2.24) is 14.8 Å². The highest BCUT2D eigenvalue weighted by molar-refractivity contribution is 7.91. The second kappa shape index (κ2) is 8.49. The van der Waals surface area contributed by atoms with Crippen LogP contribution in [0.15, 0.2) is 40.8 Å². The monoisotopic (exact) mass is 447 g/mol. The van der Waals surface area contributed by atoms with E-state index in [4.69, 9.17) is 4.42 Å². The summed E-state index contributed by atoms with van der Waals surface area (Å²) >= 11 is 1.51. The van der Waals surface area contributed by atoms with E-state index < -0.39 is 9.84 Å². The number of carbonyl (C=O) groups is 1. The number of amides is 1. The van der Waals surface area contributed by atoms with Crippen molar-refractivity contribution in [3.05, 3.63) is 42.2 Å². The predicted octanol–water partition coefficient (Wildman–Crippen LogP) is 3.14. The van der Waals surface area contributed by atoms with E-state index >= 15 is 0 Å². The Morgan fingerprint density at radius 3 is 2.70 bits per heavy atom. The number of hydrogen-bond acceptors (Lipinski definition) is 7. The molecule has 0 bridgehead atoms. The summed E-state index contributed by atoms with van der Waals surface area (Å²) in [6.07, 6.45) is 1.24. The zero-order valence-electron chi connectivity index (χ0n) is 17.1. The molecular weight excluding hydrogens is 422 g/mol. The van der Waals surface area contributed by atoms with Crippen LogP contribution in [0, 0.1) is 0 Å². The van der Waals surface area contributed by atoms with Gasteiger partial charge in [0.15, 0.2) is 26.4 Å². The number of carbonyl (C=O) groups excluding carboxylic acids is 1. The van der Waals surface area contributed by atoms with E-state index in [2.05, 4.69) is 4.98 Å². The fourth-order valence-corrected chi connectivity index (χ4v) is 6.37. The average molecular weight is 448 g/mol. The van der Waals surface area contributed by atoms with Crippen LogP contribution in [0.25, 0.3) is 21.0 Å². The number of para-hydroxylation sites is 1. The Balaban J connectivity index is 1.56. The Hall–Kier alpha value is -2.23. The molecular formula is C21H25N3O4S2. The van der Waals surface area contributed by atoms with Gasteiger partial charge < -0.3 is 14.2 Å². The van der Waals surface area contributed by atoms with Gasteiger partial charge in [-0.2, -0.15) is 0 Å². The lowest BCUT2D eigenvalue weighted by Crippen LogP contribution is -2.42. The molecule has 0 saturated carbocycles. The Labute approximate surface area is 180 Å². The van der Waals surface area contributed by atoms with Crippen LogP contribution < -0.4 is 0 Å². The zero-order valence-corrected chi connectivity index (χ0v) is 18.7. The van der Waals surface area contributed by atoms with Crippen molar-refractivity contribution in [2.45, 2.75) is 18.9 Å². The molecule has 1 aromatic carbocycles. The lowest BCUT2D eigenvalue weighted by atomic mass is 10.2. The number of fused-ring (bicyclic) bond motifs is 1. The molecule has 160 valence electrons. The molecule has 0 spiro atoms. The maximum atomic E-state index is 13.2. The molecule has 2 aromatic heterocycles. The third kappa shape index (κ3) is 4.58. The first-order valence-electron chi connectivity index (χ1n) is 9.94. The summed E-state index contributed by atoms with van der Waals surface area (Å²) in [4.78, 5) is 21.5. The maximum Gasteiger partial charge on any atom is 0.289 e. The molecule has 1 aliphatic rings. The minimum Gasteiger partial charge on any atom is -0.448 e. The van der Waals surface area contributed by atoms with E-state index in [0.29, 0.717) is 18.7 Å². The van der Waals surface area contributed by atoms with Crippen LogP contribution in [0.1, 0.15) is 23.4 Å². The zero-order chi connectivity index (χ0) is 21.3. The van der Waals surface area contributed by atoms with E-state index in [9.17, 15) is 13.2 Å². The molecule has 3 aromatic rings. The van der Waals surface area contributed by atoms with Crippen molar-refractivity contribution in [1.29, 1.82) is 0 Å². The van der Waals surface area contributed by atoms with Crippen LogP contribution in [0.4, 0.5) is 0 Å². The van der Waals surface area contributed by atoms with E-state index in [0.717, 1.165) is 28.2 Å². The SMILES string of the molecule is CN(C)CCCN(C(=O)c1ccc(-c2nc3ccccc3s2)o1)C1CCS(=O)(=O)C1. The summed E-state index contributed by atoms with van der Waals surface area (Å²) < 4.78 is 30.9. The maximum absolute atomic E-state index is 13.2. The molecule has 1 aliphatic heterocycles. The van der Waals surface area contributed by atoms with Crippen LogP contribution in [0.3, 0.4) is 0 Å². The van der Waals surface area contributed by atoms with E-state index in [1.807, 2.05) is 43.3 Å². The standard InChI is InChI=1S/C21H25N3O4S2/c1-23(2)11-5-12-24(15-10-13-30(26,27)14-15)21(25)18-9-8-17(28-18)20-22-16-6-3-4-7-19(16)29-20/h3-4,6-9,15H,5,10-14H2,1-2H3. The smallest absolute Gasteiger partial charge is 0.289 e. The highest BCUT2D eigenvalue weighted by atomic mass is 32.2. The van der Waals surface area contributed by atoms with Crippen molar-refractivity contribution < 1.29 is 17.6 Å². The number of sulfone groups is 1. The summed E-state index contributed by atoms with van der Waals surface area (Å²) in [6.45, 7) is 1.31. The number of thiazole rings is 1. The molecule has 1 unspecified atom stereocenters. The predicted molar refractivity (Wildman–Crippen MR) is 119 cm³/mol. The topological polar surface area (TPSA) is 83.7 Å².